The maximum Gasteiger partial charge on any atom is 0.330 e. The fourth-order valence-electron chi connectivity index (χ4n) is 3.35. The molecule has 0 spiro atoms. The molecule has 0 radical (unpaired) electrons. The van der Waals surface area contributed by atoms with Crippen molar-refractivity contribution in [1.29, 1.82) is 0 Å². The van der Waals surface area contributed by atoms with Gasteiger partial charge in [0.25, 0.3) is 11.5 Å². The van der Waals surface area contributed by atoms with Crippen molar-refractivity contribution in [2.75, 3.05) is 17.7 Å². The normalized spacial score (nSPS) is 11.0. The van der Waals surface area contributed by atoms with Gasteiger partial charge < -0.3 is 15.2 Å². The van der Waals surface area contributed by atoms with Crippen LogP contribution >= 0.6 is 11.3 Å². The van der Waals surface area contributed by atoms with Crippen molar-refractivity contribution in [3.63, 3.8) is 0 Å². The summed E-state index contributed by atoms with van der Waals surface area (Å²) in [5.41, 5.74) is 7.35. The summed E-state index contributed by atoms with van der Waals surface area (Å²) < 4.78 is 3.31. The summed E-state index contributed by atoms with van der Waals surface area (Å²) in [5.74, 6) is -0.375. The Labute approximate surface area is 172 Å². The van der Waals surface area contributed by atoms with E-state index in [1.54, 1.807) is 6.07 Å². The van der Waals surface area contributed by atoms with E-state index in [0.29, 0.717) is 12.1 Å². The first-order valence-corrected chi connectivity index (χ1v) is 10.3. The first-order chi connectivity index (χ1) is 13.8. The molecule has 0 unspecified atom stereocenters. The van der Waals surface area contributed by atoms with Gasteiger partial charge in [0.1, 0.15) is 10.8 Å². The minimum Gasteiger partial charge on any atom is -0.383 e. The molecule has 8 nitrogen and oxygen atoms in total. The van der Waals surface area contributed by atoms with E-state index in [1.807, 2.05) is 42.9 Å². The zero-order chi connectivity index (χ0) is 21.3. The second kappa shape index (κ2) is 8.12. The van der Waals surface area contributed by atoms with Gasteiger partial charge in [0.05, 0.1) is 5.56 Å². The van der Waals surface area contributed by atoms with Gasteiger partial charge in [-0.05, 0) is 43.8 Å². The Hall–Kier alpha value is -3.07. The van der Waals surface area contributed by atoms with Crippen LogP contribution in [0, 0.1) is 13.8 Å². The van der Waals surface area contributed by atoms with Crippen molar-refractivity contribution in [2.45, 2.75) is 40.2 Å². The lowest BCUT2D eigenvalue weighted by molar-refractivity contribution is 0.0993. The molecule has 3 rings (SSSR count). The molecule has 0 saturated heterocycles. The van der Waals surface area contributed by atoms with E-state index in [4.69, 9.17) is 5.73 Å². The van der Waals surface area contributed by atoms with E-state index in [0.717, 1.165) is 29.2 Å². The SMILES string of the molecule is CCCCn1c(N)c(N(C)C(=O)c2ccsc2-n2c(C)ccc2C)c(=O)[nH]c1=O. The number of carbonyl (C=O) groups excluding carboxylic acids is 1. The monoisotopic (exact) mass is 415 g/mol. The maximum absolute atomic E-state index is 13.3. The lowest BCUT2D eigenvalue weighted by atomic mass is 10.2. The molecule has 3 aromatic rings. The van der Waals surface area contributed by atoms with Crippen LogP contribution in [0.15, 0.2) is 33.2 Å². The van der Waals surface area contributed by atoms with Crippen molar-refractivity contribution in [1.82, 2.24) is 14.1 Å². The second-order valence-electron chi connectivity index (χ2n) is 6.95. The molecular formula is C20H25N5O3S. The number of nitrogens with two attached hydrogens (primary N) is 1. The number of aryl methyl sites for hydroxylation is 2. The molecule has 1 amide bonds. The number of aromatic nitrogens is 3. The maximum atomic E-state index is 13.3. The molecule has 154 valence electrons. The summed E-state index contributed by atoms with van der Waals surface area (Å²) in [7, 11) is 1.49. The van der Waals surface area contributed by atoms with Crippen molar-refractivity contribution in [3.8, 4) is 5.00 Å². The largest absolute Gasteiger partial charge is 0.383 e. The van der Waals surface area contributed by atoms with Gasteiger partial charge in [-0.15, -0.1) is 11.3 Å². The minimum absolute atomic E-state index is 0.00634. The molecule has 0 fully saturated rings. The Morgan fingerprint density at radius 1 is 1.21 bits per heavy atom. The summed E-state index contributed by atoms with van der Waals surface area (Å²) >= 11 is 1.44. The molecule has 0 aromatic carbocycles. The van der Waals surface area contributed by atoms with Gasteiger partial charge in [-0.2, -0.15) is 0 Å². The van der Waals surface area contributed by atoms with Crippen LogP contribution in [-0.2, 0) is 6.54 Å². The molecule has 3 aromatic heterocycles. The Morgan fingerprint density at radius 3 is 2.48 bits per heavy atom. The third-order valence-electron chi connectivity index (χ3n) is 4.94. The predicted octanol–water partition coefficient (Wildman–Crippen LogP) is 2.66. The third-order valence-corrected chi connectivity index (χ3v) is 5.84. The quantitative estimate of drug-likeness (QED) is 0.645. The summed E-state index contributed by atoms with van der Waals surface area (Å²) in [5, 5.41) is 2.61. The van der Waals surface area contributed by atoms with E-state index in [9.17, 15) is 14.4 Å². The Morgan fingerprint density at radius 2 is 1.86 bits per heavy atom. The number of thiophene rings is 1. The van der Waals surface area contributed by atoms with E-state index < -0.39 is 11.2 Å². The fourth-order valence-corrected chi connectivity index (χ4v) is 4.36. The molecule has 0 aliphatic heterocycles. The van der Waals surface area contributed by atoms with Crippen LogP contribution in [0.2, 0.25) is 0 Å². The van der Waals surface area contributed by atoms with Gasteiger partial charge >= 0.3 is 5.69 Å². The van der Waals surface area contributed by atoms with Crippen LogP contribution in [0.3, 0.4) is 0 Å². The molecule has 0 aliphatic carbocycles. The van der Waals surface area contributed by atoms with Gasteiger partial charge in [0.2, 0.25) is 0 Å². The average molecular weight is 416 g/mol. The van der Waals surface area contributed by atoms with Gasteiger partial charge in [0.15, 0.2) is 5.69 Å². The van der Waals surface area contributed by atoms with Gasteiger partial charge in [0, 0.05) is 25.0 Å². The van der Waals surface area contributed by atoms with Crippen LogP contribution in [-0.4, -0.2) is 27.1 Å². The standard InChI is InChI=1S/C20H25N5O3S/c1-5-6-10-24-16(21)15(17(26)22-20(24)28)23(4)18(27)14-9-11-29-19(14)25-12(2)7-8-13(25)3/h7-9,11H,5-6,10,21H2,1-4H3,(H,22,26,28). The number of nitrogens with one attached hydrogen (secondary N) is 1. The molecule has 9 heteroatoms. The summed E-state index contributed by atoms with van der Waals surface area (Å²) in [6, 6.07) is 5.70. The van der Waals surface area contributed by atoms with Crippen molar-refractivity contribution in [3.05, 3.63) is 61.4 Å². The van der Waals surface area contributed by atoms with Gasteiger partial charge in [-0.25, -0.2) is 4.79 Å². The number of anilines is 2. The van der Waals surface area contributed by atoms with Crippen molar-refractivity contribution >= 4 is 28.7 Å². The number of hydrogen-bond donors (Lipinski definition) is 2. The Kier molecular flexibility index (Phi) is 5.78. The fraction of sp³-hybridized carbons (Fsp3) is 0.350. The number of amides is 1. The smallest absolute Gasteiger partial charge is 0.330 e. The lowest BCUT2D eigenvalue weighted by Crippen LogP contribution is -2.39. The summed E-state index contributed by atoms with van der Waals surface area (Å²) in [6.07, 6.45) is 1.59. The van der Waals surface area contributed by atoms with E-state index in [2.05, 4.69) is 4.98 Å². The average Bonchev–Trinajstić information content (AvgIpc) is 3.26. The highest BCUT2D eigenvalue weighted by Gasteiger charge is 2.25. The number of unbranched alkanes of at least 4 members (excludes halogenated alkanes) is 1. The number of H-pyrrole nitrogens is 1. The molecule has 3 N–H and O–H groups in total. The molecule has 0 aliphatic rings. The highest BCUT2D eigenvalue weighted by molar-refractivity contribution is 7.13. The van der Waals surface area contributed by atoms with Crippen LogP contribution in [0.5, 0.6) is 0 Å². The van der Waals surface area contributed by atoms with Crippen LogP contribution in [0.1, 0.15) is 41.5 Å². The van der Waals surface area contributed by atoms with Crippen LogP contribution < -0.4 is 21.9 Å². The predicted molar refractivity (Wildman–Crippen MR) is 116 cm³/mol. The summed E-state index contributed by atoms with van der Waals surface area (Å²) in [6.45, 7) is 6.30. The first kappa shape index (κ1) is 20.7. The third kappa shape index (κ3) is 3.65. The van der Waals surface area contributed by atoms with E-state index in [-0.39, 0.29) is 17.4 Å². The van der Waals surface area contributed by atoms with Crippen molar-refractivity contribution in [2.24, 2.45) is 0 Å². The first-order valence-electron chi connectivity index (χ1n) is 9.41. The molecular weight excluding hydrogens is 390 g/mol. The van der Waals surface area contributed by atoms with Gasteiger partial charge in [-0.3, -0.25) is 19.1 Å². The molecule has 29 heavy (non-hydrogen) atoms. The molecule has 0 atom stereocenters. The zero-order valence-corrected chi connectivity index (χ0v) is 17.8. The van der Waals surface area contributed by atoms with Crippen molar-refractivity contribution < 1.29 is 4.79 Å². The number of hydrogen-bond acceptors (Lipinski definition) is 5. The van der Waals surface area contributed by atoms with Crippen LogP contribution in [0.25, 0.3) is 5.00 Å². The van der Waals surface area contributed by atoms with E-state index in [1.165, 1.54) is 27.9 Å². The molecule has 0 saturated carbocycles. The summed E-state index contributed by atoms with van der Waals surface area (Å²) in [4.78, 5) is 41.4. The van der Waals surface area contributed by atoms with E-state index >= 15 is 0 Å². The minimum atomic E-state index is -0.679. The highest BCUT2D eigenvalue weighted by atomic mass is 32.1. The van der Waals surface area contributed by atoms with Crippen LogP contribution in [0.4, 0.5) is 11.5 Å². The molecule has 0 bridgehead atoms. The number of nitrogen functional groups attached to an aromatic ring is 1. The number of rotatable bonds is 6. The number of nitrogens with zero attached hydrogens (tertiary/aromatic N) is 3. The highest BCUT2D eigenvalue weighted by Crippen LogP contribution is 2.28. The Balaban J connectivity index is 2.06. The number of aromatic amines is 1. The number of carbonyl (C=O) groups is 1. The Bertz CT molecular complexity index is 1150. The topological polar surface area (TPSA) is 106 Å². The lowest BCUT2D eigenvalue weighted by Gasteiger charge is -2.21. The van der Waals surface area contributed by atoms with Gasteiger partial charge in [-0.1, -0.05) is 13.3 Å². The molecule has 3 heterocycles. The zero-order valence-electron chi connectivity index (χ0n) is 17.0. The second-order valence-corrected chi connectivity index (χ2v) is 7.85.